The molecule has 6 aromatic carbocycles. The number of nitrogens with one attached hydrogen (secondary N) is 1. The van der Waals surface area contributed by atoms with Crippen LogP contribution in [0.2, 0.25) is 0 Å². The number of aromatic nitrogens is 1. The van der Waals surface area contributed by atoms with Gasteiger partial charge in [0, 0.05) is 44.5 Å². The van der Waals surface area contributed by atoms with E-state index in [0.717, 1.165) is 77.8 Å². The molecule has 52 heavy (non-hydrogen) atoms. The minimum Gasteiger partial charge on any atom is -0.355 e. The standard InChI is InChI=1S/C47H33N5/c1-4-12-36(31(3)5-2)38-13-6-9-16-44(38)51-45-17-10-7-14-39(45)42-25-32(28-48)19-23-37(42)41-27-35(22-21-34(41)30-50)52-46-18-11-8-15-40(46)43-26-33(29-49)20-24-47(43)52/h4-27,51H,2H2,1,3H3/b12-4-,36-31+. The topological polar surface area (TPSA) is 88.3 Å². The Morgan fingerprint density at radius 1 is 0.635 bits per heavy atom. The normalized spacial score (nSPS) is 11.5. The van der Waals surface area contributed by atoms with Crippen LogP contribution in [0.1, 0.15) is 36.1 Å². The largest absolute Gasteiger partial charge is 0.355 e. The van der Waals surface area contributed by atoms with Gasteiger partial charge in [0.1, 0.15) is 0 Å². The minimum atomic E-state index is 0.513. The molecule has 5 heteroatoms. The van der Waals surface area contributed by atoms with E-state index in [4.69, 9.17) is 0 Å². The fourth-order valence-electron chi connectivity index (χ4n) is 6.89. The molecule has 0 bridgehead atoms. The molecule has 7 rings (SSSR count). The van der Waals surface area contributed by atoms with Crippen LogP contribution in [0.25, 0.3) is 55.3 Å². The molecule has 0 amide bonds. The Morgan fingerprint density at radius 3 is 2.10 bits per heavy atom. The van der Waals surface area contributed by atoms with Gasteiger partial charge in [0.05, 0.1) is 45.9 Å². The number of hydrogen-bond donors (Lipinski definition) is 1. The van der Waals surface area contributed by atoms with Crippen molar-refractivity contribution in [3.63, 3.8) is 0 Å². The molecule has 0 unspecified atom stereocenters. The van der Waals surface area contributed by atoms with Crippen molar-refractivity contribution in [2.75, 3.05) is 5.32 Å². The van der Waals surface area contributed by atoms with Crippen molar-refractivity contribution >= 4 is 38.8 Å². The number of rotatable bonds is 8. The van der Waals surface area contributed by atoms with Crippen molar-refractivity contribution in [3.8, 4) is 46.1 Å². The van der Waals surface area contributed by atoms with E-state index in [1.54, 1.807) is 6.07 Å². The van der Waals surface area contributed by atoms with Crippen molar-refractivity contribution in [3.05, 3.63) is 180 Å². The first kappa shape index (κ1) is 33.1. The number of anilines is 2. The molecule has 7 aromatic rings. The zero-order valence-electron chi connectivity index (χ0n) is 28.9. The van der Waals surface area contributed by atoms with Crippen molar-refractivity contribution in [2.24, 2.45) is 0 Å². The summed E-state index contributed by atoms with van der Waals surface area (Å²) in [7, 11) is 0. The second-order valence-corrected chi connectivity index (χ2v) is 12.4. The summed E-state index contributed by atoms with van der Waals surface area (Å²) in [6, 6.07) is 48.6. The Kier molecular flexibility index (Phi) is 9.06. The summed E-state index contributed by atoms with van der Waals surface area (Å²) in [6.45, 7) is 8.06. The molecule has 5 nitrogen and oxygen atoms in total. The number of nitriles is 3. The average Bonchev–Trinajstić information content (AvgIpc) is 3.53. The molecular weight excluding hydrogens is 635 g/mol. The first-order chi connectivity index (χ1) is 25.5. The summed E-state index contributed by atoms with van der Waals surface area (Å²) >= 11 is 0. The number of nitrogens with zero attached hydrogens (tertiary/aromatic N) is 4. The Bertz CT molecular complexity index is 2740. The van der Waals surface area contributed by atoms with E-state index in [9.17, 15) is 15.8 Å². The maximum absolute atomic E-state index is 10.4. The maximum atomic E-state index is 10.4. The number of para-hydroxylation sites is 3. The second kappa shape index (κ2) is 14.2. The molecule has 0 spiro atoms. The first-order valence-corrected chi connectivity index (χ1v) is 16.9. The van der Waals surface area contributed by atoms with Gasteiger partial charge in [-0.25, -0.2) is 0 Å². The molecule has 246 valence electrons. The summed E-state index contributed by atoms with van der Waals surface area (Å²) in [4.78, 5) is 0. The van der Waals surface area contributed by atoms with E-state index >= 15 is 0 Å². The summed E-state index contributed by atoms with van der Waals surface area (Å²) in [6.07, 6.45) is 5.98. The summed E-state index contributed by atoms with van der Waals surface area (Å²) in [5.41, 5.74) is 12.7. The van der Waals surface area contributed by atoms with Crippen molar-refractivity contribution in [1.82, 2.24) is 4.57 Å². The third kappa shape index (κ3) is 5.92. The summed E-state index contributed by atoms with van der Waals surface area (Å²) in [5, 5.41) is 35.9. The van der Waals surface area contributed by atoms with E-state index in [1.807, 2.05) is 116 Å². The molecule has 0 saturated heterocycles. The lowest BCUT2D eigenvalue weighted by atomic mass is 9.89. The van der Waals surface area contributed by atoms with Crippen LogP contribution in [0, 0.1) is 34.0 Å². The number of allylic oxidation sites excluding steroid dienone is 5. The Hall–Kier alpha value is -7.39. The monoisotopic (exact) mass is 667 g/mol. The highest BCUT2D eigenvalue weighted by Gasteiger charge is 2.19. The number of hydrogen-bond acceptors (Lipinski definition) is 4. The van der Waals surface area contributed by atoms with E-state index in [1.165, 1.54) is 0 Å². The van der Waals surface area contributed by atoms with Gasteiger partial charge in [0.2, 0.25) is 0 Å². The smallest absolute Gasteiger partial charge is 0.0998 e. The lowest BCUT2D eigenvalue weighted by Gasteiger charge is -2.19. The van der Waals surface area contributed by atoms with Gasteiger partial charge in [-0.3, -0.25) is 0 Å². The summed E-state index contributed by atoms with van der Waals surface area (Å²) < 4.78 is 2.17. The molecule has 1 aromatic heterocycles. The highest BCUT2D eigenvalue weighted by molar-refractivity contribution is 6.10. The molecule has 1 heterocycles. The van der Waals surface area contributed by atoms with Gasteiger partial charge in [0.25, 0.3) is 0 Å². The molecule has 0 atom stereocenters. The highest BCUT2D eigenvalue weighted by atomic mass is 15.0. The highest BCUT2D eigenvalue weighted by Crippen LogP contribution is 2.42. The van der Waals surface area contributed by atoms with Crippen molar-refractivity contribution in [1.29, 1.82) is 15.8 Å². The molecule has 0 saturated carbocycles. The van der Waals surface area contributed by atoms with Crippen LogP contribution in [0.4, 0.5) is 11.4 Å². The predicted molar refractivity (Wildman–Crippen MR) is 213 cm³/mol. The zero-order valence-corrected chi connectivity index (χ0v) is 28.9. The van der Waals surface area contributed by atoms with Crippen LogP contribution in [-0.2, 0) is 0 Å². The molecule has 0 aliphatic carbocycles. The van der Waals surface area contributed by atoms with Crippen LogP contribution in [-0.4, -0.2) is 4.57 Å². The Balaban J connectivity index is 1.43. The quantitative estimate of drug-likeness (QED) is 0.163. The van der Waals surface area contributed by atoms with Crippen molar-refractivity contribution in [2.45, 2.75) is 13.8 Å². The Morgan fingerprint density at radius 2 is 1.33 bits per heavy atom. The number of benzene rings is 6. The van der Waals surface area contributed by atoms with Gasteiger partial charge >= 0.3 is 0 Å². The molecular formula is C47H33N5. The fraction of sp³-hybridized carbons (Fsp3) is 0.0426. The molecule has 0 aliphatic heterocycles. The Labute approximate surface area is 303 Å². The molecule has 0 radical (unpaired) electrons. The summed E-state index contributed by atoms with van der Waals surface area (Å²) in [5.74, 6) is 0. The van der Waals surface area contributed by atoms with Crippen molar-refractivity contribution < 1.29 is 0 Å². The van der Waals surface area contributed by atoms with Gasteiger partial charge in [-0.2, -0.15) is 15.8 Å². The predicted octanol–water partition coefficient (Wildman–Crippen LogP) is 12.0. The van der Waals surface area contributed by atoms with E-state index in [-0.39, 0.29) is 0 Å². The lowest BCUT2D eigenvalue weighted by Crippen LogP contribution is -2.00. The van der Waals surface area contributed by atoms with Gasteiger partial charge in [-0.05, 0) is 103 Å². The number of fused-ring (bicyclic) bond motifs is 3. The zero-order chi connectivity index (χ0) is 36.2. The average molecular weight is 668 g/mol. The third-order valence-corrected chi connectivity index (χ3v) is 9.39. The van der Waals surface area contributed by atoms with E-state index < -0.39 is 0 Å². The first-order valence-electron chi connectivity index (χ1n) is 16.9. The minimum absolute atomic E-state index is 0.513. The van der Waals surface area contributed by atoms with Gasteiger partial charge in [-0.15, -0.1) is 0 Å². The van der Waals surface area contributed by atoms with Gasteiger partial charge < -0.3 is 9.88 Å². The second-order valence-electron chi connectivity index (χ2n) is 12.4. The van der Waals surface area contributed by atoms with E-state index in [2.05, 4.69) is 71.9 Å². The maximum Gasteiger partial charge on any atom is 0.0998 e. The van der Waals surface area contributed by atoms with Crippen LogP contribution in [0.3, 0.4) is 0 Å². The lowest BCUT2D eigenvalue weighted by molar-refractivity contribution is 1.18. The molecule has 1 N–H and O–H groups in total. The van der Waals surface area contributed by atoms with Crippen LogP contribution >= 0.6 is 0 Å². The third-order valence-electron chi connectivity index (χ3n) is 9.39. The molecule has 0 aliphatic rings. The molecule has 0 fully saturated rings. The van der Waals surface area contributed by atoms with Crippen LogP contribution in [0.15, 0.2) is 158 Å². The van der Waals surface area contributed by atoms with Crippen LogP contribution in [0.5, 0.6) is 0 Å². The van der Waals surface area contributed by atoms with Gasteiger partial charge in [-0.1, -0.05) is 85.5 Å². The van der Waals surface area contributed by atoms with Gasteiger partial charge in [0.15, 0.2) is 0 Å². The SMILES string of the molecule is C=C/C(C)=C(\C=C/C)c1ccccc1Nc1ccccc1-c1cc(C#N)ccc1-c1cc(-n2c3ccccc3c3cc(C#N)ccc32)ccc1C#N. The van der Waals surface area contributed by atoms with E-state index in [0.29, 0.717) is 16.7 Å². The fourth-order valence-corrected chi connectivity index (χ4v) is 6.89. The van der Waals surface area contributed by atoms with Crippen LogP contribution < -0.4 is 5.32 Å².